The zero-order chi connectivity index (χ0) is 15.6. The van der Waals surface area contributed by atoms with E-state index in [2.05, 4.69) is 25.3 Å². The van der Waals surface area contributed by atoms with Gasteiger partial charge in [0.15, 0.2) is 17.3 Å². The third-order valence-corrected chi connectivity index (χ3v) is 3.47. The van der Waals surface area contributed by atoms with Gasteiger partial charge in [-0.2, -0.15) is 0 Å². The predicted molar refractivity (Wildman–Crippen MR) is 91.3 cm³/mol. The Morgan fingerprint density at radius 2 is 1.83 bits per heavy atom. The molecule has 0 aliphatic heterocycles. The summed E-state index contributed by atoms with van der Waals surface area (Å²) < 4.78 is 0. The molecule has 112 valence electrons. The number of benzene rings is 2. The van der Waals surface area contributed by atoms with Crippen LogP contribution in [-0.2, 0) is 0 Å². The van der Waals surface area contributed by atoms with Crippen molar-refractivity contribution in [3.63, 3.8) is 0 Å². The van der Waals surface area contributed by atoms with Crippen LogP contribution in [0.2, 0.25) is 0 Å². The number of hydrogen-bond donors (Lipinski definition) is 3. The van der Waals surface area contributed by atoms with Crippen LogP contribution in [-0.4, -0.2) is 19.9 Å². The average Bonchev–Trinajstić information content (AvgIpc) is 3.05. The Morgan fingerprint density at radius 3 is 2.65 bits per heavy atom. The first-order chi connectivity index (χ1) is 11.3. The molecule has 6 heteroatoms. The van der Waals surface area contributed by atoms with E-state index in [9.17, 15) is 0 Å². The van der Waals surface area contributed by atoms with E-state index >= 15 is 0 Å². The minimum atomic E-state index is 0.579. The average molecular weight is 302 g/mol. The second kappa shape index (κ2) is 5.42. The lowest BCUT2D eigenvalue weighted by atomic mass is 10.2. The molecule has 0 atom stereocenters. The molecule has 0 saturated heterocycles. The van der Waals surface area contributed by atoms with Crippen LogP contribution >= 0.6 is 0 Å². The highest BCUT2D eigenvalue weighted by molar-refractivity contribution is 5.86. The van der Waals surface area contributed by atoms with Gasteiger partial charge in [-0.1, -0.05) is 30.3 Å². The van der Waals surface area contributed by atoms with Crippen molar-refractivity contribution in [3.8, 4) is 11.4 Å². The lowest BCUT2D eigenvalue weighted by molar-refractivity contribution is 1.20. The second-order valence-corrected chi connectivity index (χ2v) is 5.11. The minimum absolute atomic E-state index is 0.579. The van der Waals surface area contributed by atoms with Crippen molar-refractivity contribution < 1.29 is 0 Å². The molecule has 0 radical (unpaired) electrons. The van der Waals surface area contributed by atoms with Crippen molar-refractivity contribution in [1.29, 1.82) is 0 Å². The number of H-pyrrole nitrogens is 1. The third kappa shape index (κ3) is 2.57. The number of aromatic amines is 1. The van der Waals surface area contributed by atoms with Crippen LogP contribution in [0.3, 0.4) is 0 Å². The van der Waals surface area contributed by atoms with Crippen LogP contribution in [0.15, 0.2) is 60.9 Å². The largest absolute Gasteiger partial charge is 0.399 e. The standard InChI is InChI=1S/C17H14N6/c18-12-6-4-5-11(9-12)15-22-16-14(19-10-20-16)17(23-15)21-13-7-2-1-3-8-13/h1-10H,18H2,(H2,19,20,21,22,23). The smallest absolute Gasteiger partial charge is 0.183 e. The molecule has 0 amide bonds. The molecule has 2 aromatic heterocycles. The Morgan fingerprint density at radius 1 is 0.957 bits per heavy atom. The van der Waals surface area contributed by atoms with Gasteiger partial charge in [0.2, 0.25) is 0 Å². The number of aromatic nitrogens is 4. The number of nitrogens with two attached hydrogens (primary N) is 1. The zero-order valence-corrected chi connectivity index (χ0v) is 12.2. The summed E-state index contributed by atoms with van der Waals surface area (Å²) in [4.78, 5) is 16.5. The summed E-state index contributed by atoms with van der Waals surface area (Å²) in [6.45, 7) is 0. The van der Waals surface area contributed by atoms with E-state index in [1.807, 2.05) is 54.6 Å². The van der Waals surface area contributed by atoms with E-state index < -0.39 is 0 Å². The number of nitrogens with one attached hydrogen (secondary N) is 2. The molecule has 6 nitrogen and oxygen atoms in total. The Bertz CT molecular complexity index is 961. The lowest BCUT2D eigenvalue weighted by Gasteiger charge is -2.08. The molecule has 23 heavy (non-hydrogen) atoms. The van der Waals surface area contributed by atoms with Gasteiger partial charge in [0.25, 0.3) is 0 Å². The van der Waals surface area contributed by atoms with E-state index in [1.54, 1.807) is 6.33 Å². The van der Waals surface area contributed by atoms with Crippen LogP contribution in [0.1, 0.15) is 0 Å². The van der Waals surface area contributed by atoms with Crippen molar-refractivity contribution in [1.82, 2.24) is 19.9 Å². The fraction of sp³-hybridized carbons (Fsp3) is 0. The summed E-state index contributed by atoms with van der Waals surface area (Å²) in [5, 5.41) is 3.30. The molecule has 0 fully saturated rings. The molecule has 2 heterocycles. The molecule has 4 N–H and O–H groups in total. The molecule has 0 spiro atoms. The number of anilines is 3. The maximum Gasteiger partial charge on any atom is 0.183 e. The zero-order valence-electron chi connectivity index (χ0n) is 12.2. The highest BCUT2D eigenvalue weighted by atomic mass is 15.1. The molecule has 0 unspecified atom stereocenters. The highest BCUT2D eigenvalue weighted by Crippen LogP contribution is 2.26. The van der Waals surface area contributed by atoms with Crippen LogP contribution in [0.25, 0.3) is 22.6 Å². The molecule has 0 saturated carbocycles. The first-order valence-electron chi connectivity index (χ1n) is 7.19. The molecule has 4 rings (SSSR count). The number of nitrogen functional groups attached to an aromatic ring is 1. The molecular weight excluding hydrogens is 288 g/mol. The molecule has 0 bridgehead atoms. The SMILES string of the molecule is Nc1cccc(-c2nc(Nc3ccccc3)c3[nH]cnc3n2)c1. The monoisotopic (exact) mass is 302 g/mol. The fourth-order valence-corrected chi connectivity index (χ4v) is 2.39. The van der Waals surface area contributed by atoms with E-state index in [4.69, 9.17) is 5.73 Å². The number of hydrogen-bond acceptors (Lipinski definition) is 5. The number of para-hydroxylation sites is 1. The van der Waals surface area contributed by atoms with Gasteiger partial charge in [-0.25, -0.2) is 15.0 Å². The van der Waals surface area contributed by atoms with Gasteiger partial charge in [0, 0.05) is 16.9 Å². The number of imidazole rings is 1. The van der Waals surface area contributed by atoms with Crippen LogP contribution in [0.5, 0.6) is 0 Å². The predicted octanol–water partition coefficient (Wildman–Crippen LogP) is 3.35. The quantitative estimate of drug-likeness (QED) is 0.505. The Kier molecular flexibility index (Phi) is 3.12. The number of fused-ring (bicyclic) bond motifs is 1. The summed E-state index contributed by atoms with van der Waals surface area (Å²) in [7, 11) is 0. The van der Waals surface area contributed by atoms with Gasteiger partial charge in [-0.3, -0.25) is 0 Å². The Balaban J connectivity index is 1.84. The van der Waals surface area contributed by atoms with E-state index in [0.717, 1.165) is 16.8 Å². The Hall–Kier alpha value is -3.41. The van der Waals surface area contributed by atoms with Crippen LogP contribution in [0.4, 0.5) is 17.2 Å². The second-order valence-electron chi connectivity index (χ2n) is 5.11. The normalized spacial score (nSPS) is 10.8. The maximum atomic E-state index is 5.86. The Labute approximate surface area is 132 Å². The summed E-state index contributed by atoms with van der Waals surface area (Å²) in [6, 6.07) is 17.3. The highest BCUT2D eigenvalue weighted by Gasteiger charge is 2.11. The topological polar surface area (TPSA) is 92.5 Å². The summed E-state index contributed by atoms with van der Waals surface area (Å²) >= 11 is 0. The van der Waals surface area contributed by atoms with Crippen molar-refractivity contribution in [2.75, 3.05) is 11.1 Å². The van der Waals surface area contributed by atoms with Gasteiger partial charge in [0.1, 0.15) is 5.52 Å². The van der Waals surface area contributed by atoms with Crippen molar-refractivity contribution >= 4 is 28.4 Å². The minimum Gasteiger partial charge on any atom is -0.399 e. The summed E-state index contributed by atoms with van der Waals surface area (Å²) in [5.74, 6) is 1.26. The first-order valence-corrected chi connectivity index (χ1v) is 7.19. The van der Waals surface area contributed by atoms with Crippen LogP contribution in [0, 0.1) is 0 Å². The molecule has 4 aromatic rings. The molecule has 0 aliphatic carbocycles. The van der Waals surface area contributed by atoms with E-state index in [1.165, 1.54) is 0 Å². The number of nitrogens with zero attached hydrogens (tertiary/aromatic N) is 3. The van der Waals surface area contributed by atoms with Crippen molar-refractivity contribution in [2.45, 2.75) is 0 Å². The van der Waals surface area contributed by atoms with E-state index in [-0.39, 0.29) is 0 Å². The third-order valence-electron chi connectivity index (χ3n) is 3.47. The van der Waals surface area contributed by atoms with Gasteiger partial charge in [-0.15, -0.1) is 0 Å². The van der Waals surface area contributed by atoms with Crippen molar-refractivity contribution in [2.24, 2.45) is 0 Å². The van der Waals surface area contributed by atoms with Gasteiger partial charge in [0.05, 0.1) is 6.33 Å². The fourth-order valence-electron chi connectivity index (χ4n) is 2.39. The maximum absolute atomic E-state index is 5.86. The molecule has 0 aliphatic rings. The van der Waals surface area contributed by atoms with Gasteiger partial charge < -0.3 is 16.0 Å². The summed E-state index contributed by atoms with van der Waals surface area (Å²) in [6.07, 6.45) is 1.61. The van der Waals surface area contributed by atoms with Gasteiger partial charge in [-0.05, 0) is 24.3 Å². The summed E-state index contributed by atoms with van der Waals surface area (Å²) in [5.41, 5.74) is 9.70. The lowest BCUT2D eigenvalue weighted by Crippen LogP contribution is -1.99. The van der Waals surface area contributed by atoms with Crippen molar-refractivity contribution in [3.05, 3.63) is 60.9 Å². The van der Waals surface area contributed by atoms with Crippen LogP contribution < -0.4 is 11.1 Å². The number of rotatable bonds is 3. The molecular formula is C17H14N6. The molecule has 2 aromatic carbocycles. The van der Waals surface area contributed by atoms with Gasteiger partial charge >= 0.3 is 0 Å². The first kappa shape index (κ1) is 13.3. The van der Waals surface area contributed by atoms with E-state index in [0.29, 0.717) is 23.0 Å².